The van der Waals surface area contributed by atoms with Crippen LogP contribution in [0.5, 0.6) is 5.75 Å². The van der Waals surface area contributed by atoms with Crippen molar-refractivity contribution in [1.82, 2.24) is 0 Å². The van der Waals surface area contributed by atoms with Gasteiger partial charge in [-0.2, -0.15) is 5.26 Å². The molecule has 3 nitrogen and oxygen atoms in total. The molecule has 0 aromatic heterocycles. The number of nitriles is 1. The first-order valence-corrected chi connectivity index (χ1v) is 7.56. The number of halogens is 2. The molecule has 20 heavy (non-hydrogen) atoms. The maximum atomic E-state index is 8.51. The lowest BCUT2D eigenvalue weighted by atomic mass is 10.2. The first-order valence-electron chi connectivity index (χ1n) is 5.97. The third-order valence-corrected chi connectivity index (χ3v) is 3.96. The quantitative estimate of drug-likeness (QED) is 0.796. The minimum absolute atomic E-state index is 0.0622. The lowest BCUT2D eigenvalue weighted by Crippen LogP contribution is -2.01. The van der Waals surface area contributed by atoms with Crippen LogP contribution >= 0.6 is 31.9 Å². The first kappa shape index (κ1) is 14.9. The summed E-state index contributed by atoms with van der Waals surface area (Å²) in [5.74, 6) is 0.706. The van der Waals surface area contributed by atoms with E-state index in [1.807, 2.05) is 48.5 Å². The Balaban J connectivity index is 2.06. The van der Waals surface area contributed by atoms with Crippen molar-refractivity contribution in [3.05, 3.63) is 57.0 Å². The summed E-state index contributed by atoms with van der Waals surface area (Å²) in [5, 5.41) is 11.9. The molecule has 0 heterocycles. The van der Waals surface area contributed by atoms with Gasteiger partial charge in [0, 0.05) is 15.5 Å². The Morgan fingerprint density at radius 2 is 1.80 bits per heavy atom. The lowest BCUT2D eigenvalue weighted by Gasteiger charge is -2.11. The molecule has 2 aromatic rings. The van der Waals surface area contributed by atoms with E-state index in [1.165, 1.54) is 0 Å². The predicted octanol–water partition coefficient (Wildman–Crippen LogP) is 4.73. The molecule has 0 saturated heterocycles. The van der Waals surface area contributed by atoms with Crippen molar-refractivity contribution in [1.29, 1.82) is 5.26 Å². The second kappa shape index (κ2) is 7.32. The number of anilines is 1. The van der Waals surface area contributed by atoms with E-state index in [0.717, 1.165) is 20.2 Å². The summed E-state index contributed by atoms with van der Waals surface area (Å²) in [5.41, 5.74) is 2.10. The summed E-state index contributed by atoms with van der Waals surface area (Å²) in [6.45, 7) is 0.734. The molecule has 102 valence electrons. The molecule has 0 atom stereocenters. The van der Waals surface area contributed by atoms with Crippen LogP contribution in [0.1, 0.15) is 5.56 Å². The van der Waals surface area contributed by atoms with Crippen LogP contribution in [0.15, 0.2) is 51.4 Å². The molecule has 2 rings (SSSR count). The van der Waals surface area contributed by atoms with E-state index in [1.54, 1.807) is 0 Å². The molecule has 5 heteroatoms. The van der Waals surface area contributed by atoms with Gasteiger partial charge in [-0.3, -0.25) is 0 Å². The van der Waals surface area contributed by atoms with Crippen molar-refractivity contribution in [3.8, 4) is 11.8 Å². The maximum Gasteiger partial charge on any atom is 0.174 e. The zero-order valence-electron chi connectivity index (χ0n) is 10.6. The number of hydrogen-bond acceptors (Lipinski definition) is 3. The monoisotopic (exact) mass is 394 g/mol. The van der Waals surface area contributed by atoms with E-state index in [9.17, 15) is 0 Å². The highest BCUT2D eigenvalue weighted by Crippen LogP contribution is 2.31. The van der Waals surface area contributed by atoms with Gasteiger partial charge in [0.15, 0.2) is 6.61 Å². The Labute approximate surface area is 134 Å². The number of rotatable bonds is 5. The molecule has 0 amide bonds. The molecule has 0 unspecified atom stereocenters. The summed E-state index contributed by atoms with van der Waals surface area (Å²) >= 11 is 7.03. The van der Waals surface area contributed by atoms with E-state index in [2.05, 4.69) is 37.2 Å². The Morgan fingerprint density at radius 3 is 2.50 bits per heavy atom. The number of hydrogen-bond donors (Lipinski definition) is 1. The number of nitrogens with one attached hydrogen (secondary N) is 1. The number of benzene rings is 2. The van der Waals surface area contributed by atoms with Crippen LogP contribution in [0.3, 0.4) is 0 Å². The Kier molecular flexibility index (Phi) is 5.45. The van der Waals surface area contributed by atoms with Crippen LogP contribution in [0.2, 0.25) is 0 Å². The fourth-order valence-corrected chi connectivity index (χ4v) is 3.00. The standard InChI is InChI=1S/C15H12Br2N2O/c16-13-5-2-6-14(17)15(13)19-10-11-3-1-4-12(9-11)20-8-7-18/h1-6,9,19H,8,10H2. The molecular formula is C15H12Br2N2O. The number of para-hydroxylation sites is 1. The van der Waals surface area contributed by atoms with Gasteiger partial charge >= 0.3 is 0 Å². The normalized spacial score (nSPS) is 9.85. The van der Waals surface area contributed by atoms with Gasteiger partial charge in [0.05, 0.1) is 5.69 Å². The summed E-state index contributed by atoms with van der Waals surface area (Å²) in [6.07, 6.45) is 0. The SMILES string of the molecule is N#CCOc1cccc(CNc2c(Br)cccc2Br)c1. The Bertz CT molecular complexity index is 618. The molecule has 0 fully saturated rings. The van der Waals surface area contributed by atoms with E-state index in [0.29, 0.717) is 12.3 Å². The van der Waals surface area contributed by atoms with E-state index in [-0.39, 0.29) is 6.61 Å². The summed E-state index contributed by atoms with van der Waals surface area (Å²) in [4.78, 5) is 0. The second-order valence-electron chi connectivity index (χ2n) is 4.04. The highest BCUT2D eigenvalue weighted by molar-refractivity contribution is 9.11. The average molecular weight is 396 g/mol. The largest absolute Gasteiger partial charge is 0.479 e. The molecule has 0 radical (unpaired) electrons. The predicted molar refractivity (Wildman–Crippen MR) is 86.7 cm³/mol. The Hall–Kier alpha value is -1.51. The van der Waals surface area contributed by atoms with Crippen LogP contribution in [0.4, 0.5) is 5.69 Å². The summed E-state index contributed by atoms with van der Waals surface area (Å²) in [6, 6.07) is 15.6. The first-order chi connectivity index (χ1) is 9.70. The van der Waals surface area contributed by atoms with Gasteiger partial charge in [-0.1, -0.05) is 18.2 Å². The van der Waals surface area contributed by atoms with Crippen LogP contribution in [0.25, 0.3) is 0 Å². The van der Waals surface area contributed by atoms with E-state index in [4.69, 9.17) is 10.00 Å². The number of nitrogens with zero attached hydrogens (tertiary/aromatic N) is 1. The summed E-state index contributed by atoms with van der Waals surface area (Å²) in [7, 11) is 0. The van der Waals surface area contributed by atoms with Crippen molar-refractivity contribution in [2.45, 2.75) is 6.54 Å². The van der Waals surface area contributed by atoms with Crippen molar-refractivity contribution in [3.63, 3.8) is 0 Å². The average Bonchev–Trinajstić information content (AvgIpc) is 2.45. The lowest BCUT2D eigenvalue weighted by molar-refractivity contribution is 0.368. The molecule has 0 saturated carbocycles. The van der Waals surface area contributed by atoms with Gasteiger partial charge in [0.25, 0.3) is 0 Å². The van der Waals surface area contributed by atoms with Crippen LogP contribution < -0.4 is 10.1 Å². The second-order valence-corrected chi connectivity index (χ2v) is 5.75. The minimum atomic E-state index is 0.0622. The van der Waals surface area contributed by atoms with Crippen molar-refractivity contribution >= 4 is 37.5 Å². The molecule has 0 aliphatic carbocycles. The van der Waals surface area contributed by atoms with Gasteiger partial charge in [0.2, 0.25) is 0 Å². The molecule has 2 aromatic carbocycles. The van der Waals surface area contributed by atoms with Crippen molar-refractivity contribution in [2.24, 2.45) is 0 Å². The smallest absolute Gasteiger partial charge is 0.174 e. The van der Waals surface area contributed by atoms with Gasteiger partial charge in [-0.15, -0.1) is 0 Å². The number of ether oxygens (including phenoxy) is 1. The van der Waals surface area contributed by atoms with Gasteiger partial charge in [0.1, 0.15) is 11.8 Å². The highest BCUT2D eigenvalue weighted by atomic mass is 79.9. The zero-order chi connectivity index (χ0) is 14.4. The minimum Gasteiger partial charge on any atom is -0.479 e. The van der Waals surface area contributed by atoms with Crippen LogP contribution in [-0.4, -0.2) is 6.61 Å². The fourth-order valence-electron chi connectivity index (χ4n) is 1.72. The van der Waals surface area contributed by atoms with Gasteiger partial charge in [-0.05, 0) is 61.7 Å². The molecule has 0 aliphatic heterocycles. The summed E-state index contributed by atoms with van der Waals surface area (Å²) < 4.78 is 7.29. The maximum absolute atomic E-state index is 8.51. The van der Waals surface area contributed by atoms with E-state index >= 15 is 0 Å². The zero-order valence-corrected chi connectivity index (χ0v) is 13.7. The van der Waals surface area contributed by atoms with Crippen molar-refractivity contribution < 1.29 is 4.74 Å². The van der Waals surface area contributed by atoms with Crippen LogP contribution in [-0.2, 0) is 6.54 Å². The molecule has 0 bridgehead atoms. The Morgan fingerprint density at radius 1 is 1.10 bits per heavy atom. The highest BCUT2D eigenvalue weighted by Gasteiger charge is 2.04. The third-order valence-electron chi connectivity index (χ3n) is 2.63. The van der Waals surface area contributed by atoms with E-state index < -0.39 is 0 Å². The molecule has 0 aliphatic rings. The fraction of sp³-hybridized carbons (Fsp3) is 0.133. The van der Waals surface area contributed by atoms with Crippen molar-refractivity contribution in [2.75, 3.05) is 11.9 Å². The van der Waals surface area contributed by atoms with Crippen LogP contribution in [0, 0.1) is 11.3 Å². The third kappa shape index (κ3) is 3.99. The van der Waals surface area contributed by atoms with Gasteiger partial charge in [-0.25, -0.2) is 0 Å². The van der Waals surface area contributed by atoms with Gasteiger partial charge < -0.3 is 10.1 Å². The molecular weight excluding hydrogens is 384 g/mol. The topological polar surface area (TPSA) is 45.0 Å². The molecule has 0 spiro atoms. The molecule has 1 N–H and O–H groups in total.